The largest absolute Gasteiger partial charge is 0.481 e. The summed E-state index contributed by atoms with van der Waals surface area (Å²) in [4.78, 5) is 23.5. The highest BCUT2D eigenvalue weighted by Crippen LogP contribution is 2.36. The molecular weight excluding hydrogens is 254 g/mol. The van der Waals surface area contributed by atoms with Gasteiger partial charge in [-0.1, -0.05) is 47.0 Å². The quantitative estimate of drug-likeness (QED) is 0.813. The molecule has 1 rings (SSSR count). The number of carbonyl (C=O) groups is 2. The van der Waals surface area contributed by atoms with E-state index in [1.54, 1.807) is 0 Å². The van der Waals surface area contributed by atoms with Gasteiger partial charge in [-0.25, -0.2) is 0 Å². The molecule has 4 heteroatoms. The maximum atomic E-state index is 12.5. The van der Waals surface area contributed by atoms with Crippen LogP contribution in [0.1, 0.15) is 72.6 Å². The minimum atomic E-state index is -0.853. The van der Waals surface area contributed by atoms with Crippen LogP contribution in [0.25, 0.3) is 0 Å². The fourth-order valence-electron chi connectivity index (χ4n) is 3.04. The Balaban J connectivity index is 2.67. The maximum Gasteiger partial charge on any atom is 0.305 e. The fraction of sp³-hybridized carbons (Fsp3) is 0.875. The molecule has 0 spiro atoms. The van der Waals surface area contributed by atoms with Crippen molar-refractivity contribution in [3.63, 3.8) is 0 Å². The molecule has 0 radical (unpaired) electrons. The smallest absolute Gasteiger partial charge is 0.305 e. The first-order valence-electron chi connectivity index (χ1n) is 7.65. The van der Waals surface area contributed by atoms with Crippen molar-refractivity contribution < 1.29 is 14.7 Å². The molecule has 0 aliphatic heterocycles. The first-order valence-corrected chi connectivity index (χ1v) is 7.65. The second kappa shape index (κ2) is 6.59. The lowest BCUT2D eigenvalue weighted by Gasteiger charge is -2.35. The van der Waals surface area contributed by atoms with Crippen molar-refractivity contribution in [2.45, 2.75) is 78.7 Å². The third-order valence-corrected chi connectivity index (χ3v) is 4.12. The van der Waals surface area contributed by atoms with Gasteiger partial charge in [0.2, 0.25) is 5.91 Å². The summed E-state index contributed by atoms with van der Waals surface area (Å²) in [6.45, 7) is 8.21. The van der Waals surface area contributed by atoms with E-state index in [4.69, 9.17) is 5.11 Å². The van der Waals surface area contributed by atoms with Crippen LogP contribution in [-0.2, 0) is 9.59 Å². The van der Waals surface area contributed by atoms with Crippen molar-refractivity contribution in [1.82, 2.24) is 5.32 Å². The molecule has 20 heavy (non-hydrogen) atoms. The maximum absolute atomic E-state index is 12.5. The lowest BCUT2D eigenvalue weighted by atomic mass is 9.74. The number of carboxylic acid groups (broad SMARTS) is 1. The molecule has 0 aromatic rings. The molecule has 0 heterocycles. The van der Waals surface area contributed by atoms with Gasteiger partial charge >= 0.3 is 5.97 Å². The molecular formula is C16H29NO3. The van der Waals surface area contributed by atoms with Crippen LogP contribution in [-0.4, -0.2) is 23.0 Å². The number of amides is 1. The van der Waals surface area contributed by atoms with E-state index in [0.717, 1.165) is 25.7 Å². The van der Waals surface area contributed by atoms with Crippen LogP contribution in [0.5, 0.6) is 0 Å². The molecule has 2 N–H and O–H groups in total. The fourth-order valence-corrected chi connectivity index (χ4v) is 3.04. The summed E-state index contributed by atoms with van der Waals surface area (Å²) in [5.74, 6) is -0.818. The monoisotopic (exact) mass is 283 g/mol. The highest BCUT2D eigenvalue weighted by molar-refractivity contribution is 5.83. The normalized spacial score (nSPS) is 20.2. The van der Waals surface area contributed by atoms with Gasteiger partial charge in [0.1, 0.15) is 0 Å². The summed E-state index contributed by atoms with van der Waals surface area (Å²) in [5.41, 5.74) is -0.312. The Morgan fingerprint density at radius 3 is 2.20 bits per heavy atom. The number of hydrogen-bond acceptors (Lipinski definition) is 2. The topological polar surface area (TPSA) is 66.4 Å². The molecule has 1 aliphatic carbocycles. The Hall–Kier alpha value is -1.06. The van der Waals surface area contributed by atoms with E-state index in [1.165, 1.54) is 6.42 Å². The number of rotatable bonds is 5. The zero-order chi connectivity index (χ0) is 15.4. The number of carbonyl (C=O) groups excluding carboxylic acids is 1. The highest BCUT2D eigenvalue weighted by atomic mass is 16.4. The van der Waals surface area contributed by atoms with Crippen LogP contribution in [0.4, 0.5) is 0 Å². The van der Waals surface area contributed by atoms with Gasteiger partial charge in [-0.3, -0.25) is 9.59 Å². The standard InChI is InChI=1S/C16H29NO3/c1-15(2,3)11-12(10-13(18)19)17-14(20)16(4)8-6-5-7-9-16/h12H,5-11H2,1-4H3,(H,17,20)(H,18,19). The molecule has 1 aliphatic rings. The summed E-state index contributed by atoms with van der Waals surface area (Å²) in [6.07, 6.45) is 5.88. The van der Waals surface area contributed by atoms with Crippen molar-refractivity contribution in [2.24, 2.45) is 10.8 Å². The molecule has 1 amide bonds. The van der Waals surface area contributed by atoms with Crippen molar-refractivity contribution >= 4 is 11.9 Å². The van der Waals surface area contributed by atoms with Crippen LogP contribution < -0.4 is 5.32 Å². The molecule has 1 atom stereocenters. The Morgan fingerprint density at radius 1 is 1.20 bits per heavy atom. The van der Waals surface area contributed by atoms with E-state index in [2.05, 4.69) is 26.1 Å². The van der Waals surface area contributed by atoms with Gasteiger partial charge in [0.25, 0.3) is 0 Å². The first kappa shape index (κ1) is 17.0. The summed E-state index contributed by atoms with van der Waals surface area (Å²) < 4.78 is 0. The van der Waals surface area contributed by atoms with Gasteiger partial charge in [0, 0.05) is 11.5 Å². The zero-order valence-electron chi connectivity index (χ0n) is 13.3. The second-order valence-corrected chi connectivity index (χ2v) is 7.65. The SMILES string of the molecule is CC(C)(C)CC(CC(=O)O)NC(=O)C1(C)CCCCC1. The molecule has 116 valence electrons. The highest BCUT2D eigenvalue weighted by Gasteiger charge is 2.36. The van der Waals surface area contributed by atoms with Gasteiger partial charge < -0.3 is 10.4 Å². The predicted molar refractivity (Wildman–Crippen MR) is 79.4 cm³/mol. The van der Waals surface area contributed by atoms with E-state index in [1.807, 2.05) is 6.92 Å². The number of aliphatic carboxylic acids is 1. The molecule has 0 bridgehead atoms. The molecule has 0 aromatic heterocycles. The Labute approximate surface area is 122 Å². The number of hydrogen-bond donors (Lipinski definition) is 2. The molecule has 0 aromatic carbocycles. The summed E-state index contributed by atoms with van der Waals surface area (Å²) >= 11 is 0. The van der Waals surface area contributed by atoms with E-state index < -0.39 is 5.97 Å². The van der Waals surface area contributed by atoms with Crippen LogP contribution in [0.2, 0.25) is 0 Å². The number of carboxylic acids is 1. The van der Waals surface area contributed by atoms with Crippen molar-refractivity contribution in [3.05, 3.63) is 0 Å². The lowest BCUT2D eigenvalue weighted by Crippen LogP contribution is -2.47. The minimum absolute atomic E-state index is 0.000859. The van der Waals surface area contributed by atoms with E-state index in [9.17, 15) is 9.59 Å². The first-order chi connectivity index (χ1) is 9.12. The minimum Gasteiger partial charge on any atom is -0.481 e. The predicted octanol–water partition coefficient (Wildman–Crippen LogP) is 3.35. The number of nitrogens with one attached hydrogen (secondary N) is 1. The summed E-state index contributed by atoms with van der Waals surface area (Å²) in [7, 11) is 0. The zero-order valence-corrected chi connectivity index (χ0v) is 13.3. The van der Waals surface area contributed by atoms with Crippen molar-refractivity contribution in [2.75, 3.05) is 0 Å². The van der Waals surface area contributed by atoms with Crippen LogP contribution in [0, 0.1) is 10.8 Å². The average molecular weight is 283 g/mol. The molecule has 4 nitrogen and oxygen atoms in total. The summed E-state index contributed by atoms with van der Waals surface area (Å²) in [5, 5.41) is 12.0. The molecule has 1 fully saturated rings. The Kier molecular flexibility index (Phi) is 5.60. The third-order valence-electron chi connectivity index (χ3n) is 4.12. The van der Waals surface area contributed by atoms with Gasteiger partial charge in [-0.15, -0.1) is 0 Å². The van der Waals surface area contributed by atoms with Crippen molar-refractivity contribution in [3.8, 4) is 0 Å². The Bertz CT molecular complexity index is 351. The lowest BCUT2D eigenvalue weighted by molar-refractivity contribution is -0.138. The van der Waals surface area contributed by atoms with Gasteiger partial charge in [0.15, 0.2) is 0 Å². The average Bonchev–Trinajstić information content (AvgIpc) is 2.26. The molecule has 0 saturated heterocycles. The van der Waals surface area contributed by atoms with Crippen molar-refractivity contribution in [1.29, 1.82) is 0 Å². The van der Waals surface area contributed by atoms with E-state index in [-0.39, 0.29) is 29.2 Å². The van der Waals surface area contributed by atoms with E-state index >= 15 is 0 Å². The van der Waals surface area contributed by atoms with E-state index in [0.29, 0.717) is 6.42 Å². The molecule has 1 unspecified atom stereocenters. The third kappa shape index (κ3) is 5.51. The summed E-state index contributed by atoms with van der Waals surface area (Å²) in [6, 6.07) is -0.279. The Morgan fingerprint density at radius 2 is 1.75 bits per heavy atom. The molecule has 1 saturated carbocycles. The van der Waals surface area contributed by atoms with Gasteiger partial charge in [-0.2, -0.15) is 0 Å². The van der Waals surface area contributed by atoms with Crippen LogP contribution in [0.3, 0.4) is 0 Å². The van der Waals surface area contributed by atoms with Crippen LogP contribution in [0.15, 0.2) is 0 Å². The van der Waals surface area contributed by atoms with Crippen LogP contribution >= 0.6 is 0 Å². The van der Waals surface area contributed by atoms with Gasteiger partial charge in [0.05, 0.1) is 6.42 Å². The second-order valence-electron chi connectivity index (χ2n) is 7.65. The van der Waals surface area contributed by atoms with Gasteiger partial charge in [-0.05, 0) is 24.7 Å².